The van der Waals surface area contributed by atoms with Gasteiger partial charge in [-0.2, -0.15) is 5.10 Å². The fraction of sp³-hybridized carbons (Fsp3) is 0.222. The van der Waals surface area contributed by atoms with Crippen molar-refractivity contribution >= 4 is 11.6 Å². The van der Waals surface area contributed by atoms with Crippen molar-refractivity contribution in [1.82, 2.24) is 19.7 Å². The predicted molar refractivity (Wildman–Crippen MR) is 92.6 cm³/mol. The fourth-order valence-corrected chi connectivity index (χ4v) is 2.62. The van der Waals surface area contributed by atoms with Gasteiger partial charge in [-0.3, -0.25) is 14.3 Å². The van der Waals surface area contributed by atoms with Gasteiger partial charge in [0.15, 0.2) is 0 Å². The zero-order valence-corrected chi connectivity index (χ0v) is 13.5. The summed E-state index contributed by atoms with van der Waals surface area (Å²) in [4.78, 5) is 31.0. The van der Waals surface area contributed by atoms with Crippen LogP contribution in [0.15, 0.2) is 53.6 Å². The molecule has 7 nitrogen and oxygen atoms in total. The first kappa shape index (κ1) is 15.3. The number of nitrogens with one attached hydrogen (secondary N) is 2. The summed E-state index contributed by atoms with van der Waals surface area (Å²) in [6.07, 6.45) is 5.33. The lowest BCUT2D eigenvalue weighted by Crippen LogP contribution is -2.20. The molecule has 0 saturated heterocycles. The van der Waals surface area contributed by atoms with Crippen LogP contribution in [0, 0.1) is 0 Å². The van der Waals surface area contributed by atoms with Crippen LogP contribution in [0.25, 0.3) is 0 Å². The molecule has 3 aromatic rings. The second-order valence-electron chi connectivity index (χ2n) is 6.16. The van der Waals surface area contributed by atoms with Crippen LogP contribution < -0.4 is 10.9 Å². The van der Waals surface area contributed by atoms with Gasteiger partial charge in [0.05, 0.1) is 18.4 Å². The zero-order valence-electron chi connectivity index (χ0n) is 13.5. The Balaban J connectivity index is 1.47. The number of hydrogen-bond acceptors (Lipinski definition) is 4. The van der Waals surface area contributed by atoms with Crippen molar-refractivity contribution in [2.45, 2.75) is 25.3 Å². The van der Waals surface area contributed by atoms with Gasteiger partial charge < -0.3 is 10.3 Å². The van der Waals surface area contributed by atoms with E-state index in [-0.39, 0.29) is 17.2 Å². The summed E-state index contributed by atoms with van der Waals surface area (Å²) < 4.78 is 1.74. The van der Waals surface area contributed by atoms with Crippen molar-refractivity contribution in [1.29, 1.82) is 0 Å². The van der Waals surface area contributed by atoms with Gasteiger partial charge in [0.25, 0.3) is 11.5 Å². The Hall–Kier alpha value is -3.22. The molecule has 1 amide bonds. The molecule has 0 unspecified atom stereocenters. The number of rotatable bonds is 5. The molecule has 1 aliphatic carbocycles. The summed E-state index contributed by atoms with van der Waals surface area (Å²) in [7, 11) is 0. The number of amides is 1. The predicted octanol–water partition coefficient (Wildman–Crippen LogP) is 2.14. The van der Waals surface area contributed by atoms with Gasteiger partial charge in [-0.15, -0.1) is 0 Å². The van der Waals surface area contributed by atoms with Crippen molar-refractivity contribution in [2.75, 3.05) is 5.32 Å². The second kappa shape index (κ2) is 6.35. The minimum atomic E-state index is -0.410. The summed E-state index contributed by atoms with van der Waals surface area (Å²) in [5, 5.41) is 6.99. The lowest BCUT2D eigenvalue weighted by Gasteiger charge is -2.04. The highest BCUT2D eigenvalue weighted by Crippen LogP contribution is 2.37. The molecular formula is C18H17N5O2. The normalized spacial score (nSPS) is 13.6. The Kier molecular flexibility index (Phi) is 3.89. The Morgan fingerprint density at radius 3 is 2.84 bits per heavy atom. The molecule has 0 radical (unpaired) electrons. The van der Waals surface area contributed by atoms with Gasteiger partial charge in [0.1, 0.15) is 11.5 Å². The molecule has 7 heteroatoms. The summed E-state index contributed by atoms with van der Waals surface area (Å²) >= 11 is 0. The van der Waals surface area contributed by atoms with Crippen LogP contribution in [0.3, 0.4) is 0 Å². The topological polar surface area (TPSA) is 92.7 Å². The Morgan fingerprint density at radius 1 is 1.28 bits per heavy atom. The Labute approximate surface area is 143 Å². The Morgan fingerprint density at radius 2 is 2.08 bits per heavy atom. The molecule has 0 aliphatic heterocycles. The number of carbonyl (C=O) groups is 1. The number of aromatic nitrogens is 4. The quantitative estimate of drug-likeness (QED) is 0.747. The third-order valence-corrected chi connectivity index (χ3v) is 4.04. The molecule has 2 aromatic heterocycles. The van der Waals surface area contributed by atoms with Gasteiger partial charge in [0, 0.05) is 18.2 Å². The molecule has 1 aliphatic rings. The maximum atomic E-state index is 12.4. The highest BCUT2D eigenvalue weighted by atomic mass is 16.2. The van der Waals surface area contributed by atoms with Crippen LogP contribution in [0.1, 0.15) is 40.6 Å². The molecule has 1 fully saturated rings. The maximum Gasteiger partial charge on any atom is 0.274 e. The molecule has 2 heterocycles. The molecule has 25 heavy (non-hydrogen) atoms. The van der Waals surface area contributed by atoms with E-state index in [2.05, 4.69) is 20.4 Å². The number of aromatic amines is 1. The third-order valence-electron chi connectivity index (χ3n) is 4.04. The van der Waals surface area contributed by atoms with Crippen LogP contribution in [-0.4, -0.2) is 25.7 Å². The van der Waals surface area contributed by atoms with Crippen molar-refractivity contribution in [3.8, 4) is 0 Å². The monoisotopic (exact) mass is 335 g/mol. The first-order chi connectivity index (χ1) is 12.2. The summed E-state index contributed by atoms with van der Waals surface area (Å²) in [6, 6.07) is 11.1. The number of benzene rings is 1. The van der Waals surface area contributed by atoms with E-state index >= 15 is 0 Å². The molecule has 0 bridgehead atoms. The van der Waals surface area contributed by atoms with Crippen LogP contribution in [-0.2, 0) is 6.54 Å². The first-order valence-corrected chi connectivity index (χ1v) is 8.16. The molecular weight excluding hydrogens is 318 g/mol. The van der Waals surface area contributed by atoms with Crippen LogP contribution in [0.5, 0.6) is 0 Å². The van der Waals surface area contributed by atoms with Gasteiger partial charge in [-0.25, -0.2) is 4.98 Å². The fourth-order valence-electron chi connectivity index (χ4n) is 2.62. The van der Waals surface area contributed by atoms with Gasteiger partial charge in [-0.1, -0.05) is 30.3 Å². The molecule has 2 N–H and O–H groups in total. The highest BCUT2D eigenvalue weighted by molar-refractivity contribution is 6.02. The van der Waals surface area contributed by atoms with E-state index in [1.165, 1.54) is 6.07 Å². The van der Waals surface area contributed by atoms with Crippen molar-refractivity contribution in [3.63, 3.8) is 0 Å². The largest absolute Gasteiger partial charge is 0.318 e. The van der Waals surface area contributed by atoms with E-state index in [0.717, 1.165) is 18.4 Å². The number of carbonyl (C=O) groups excluding carboxylic acids is 1. The Bertz CT molecular complexity index is 957. The lowest BCUT2D eigenvalue weighted by molar-refractivity contribution is 0.102. The van der Waals surface area contributed by atoms with E-state index in [1.54, 1.807) is 17.1 Å². The van der Waals surface area contributed by atoms with Crippen LogP contribution >= 0.6 is 0 Å². The average molecular weight is 335 g/mol. The van der Waals surface area contributed by atoms with Crippen LogP contribution in [0.4, 0.5) is 5.69 Å². The van der Waals surface area contributed by atoms with E-state index < -0.39 is 5.91 Å². The standard InChI is InChI=1S/C18H17N5O2/c24-16-8-15(21-17(22-16)13-6-7-13)18(25)20-14-9-19-23(11-14)10-12-4-2-1-3-5-12/h1-5,8-9,11,13H,6-7,10H2,(H,20,25)(H,21,22,24). The zero-order chi connectivity index (χ0) is 17.2. The number of hydrogen-bond donors (Lipinski definition) is 2. The second-order valence-corrected chi connectivity index (χ2v) is 6.16. The van der Waals surface area contributed by atoms with Gasteiger partial charge in [-0.05, 0) is 18.4 Å². The summed E-state index contributed by atoms with van der Waals surface area (Å²) in [5.74, 6) is 0.457. The minimum absolute atomic E-state index is 0.126. The van der Waals surface area contributed by atoms with E-state index in [1.807, 2.05) is 30.3 Å². The SMILES string of the molecule is O=C(Nc1cnn(Cc2ccccc2)c1)c1cc(=O)[nH]c(C2CC2)n1. The van der Waals surface area contributed by atoms with Gasteiger partial charge in [0.2, 0.25) is 0 Å². The highest BCUT2D eigenvalue weighted by Gasteiger charge is 2.27. The van der Waals surface area contributed by atoms with Crippen molar-refractivity contribution < 1.29 is 4.79 Å². The summed E-state index contributed by atoms with van der Waals surface area (Å²) in [5.41, 5.74) is 1.51. The third kappa shape index (κ3) is 3.65. The maximum absolute atomic E-state index is 12.4. The molecule has 0 spiro atoms. The lowest BCUT2D eigenvalue weighted by atomic mass is 10.2. The molecule has 0 atom stereocenters. The van der Waals surface area contributed by atoms with E-state index in [9.17, 15) is 9.59 Å². The van der Waals surface area contributed by atoms with Gasteiger partial charge >= 0.3 is 0 Å². The first-order valence-electron chi connectivity index (χ1n) is 8.16. The minimum Gasteiger partial charge on any atom is -0.318 e. The number of nitrogens with zero attached hydrogens (tertiary/aromatic N) is 3. The van der Waals surface area contributed by atoms with Crippen molar-refractivity contribution in [2.24, 2.45) is 0 Å². The van der Waals surface area contributed by atoms with E-state index in [4.69, 9.17) is 0 Å². The molecule has 1 aromatic carbocycles. The van der Waals surface area contributed by atoms with E-state index in [0.29, 0.717) is 18.1 Å². The molecule has 4 rings (SSSR count). The smallest absolute Gasteiger partial charge is 0.274 e. The number of H-pyrrole nitrogens is 1. The summed E-state index contributed by atoms with van der Waals surface area (Å²) in [6.45, 7) is 0.617. The number of anilines is 1. The average Bonchev–Trinajstić information content (AvgIpc) is 3.37. The molecule has 126 valence electrons. The van der Waals surface area contributed by atoms with Crippen molar-refractivity contribution in [3.05, 3.63) is 76.2 Å². The molecule has 1 saturated carbocycles. The van der Waals surface area contributed by atoms with Crippen LogP contribution in [0.2, 0.25) is 0 Å².